The summed E-state index contributed by atoms with van der Waals surface area (Å²) in [5.74, 6) is 1.95. The van der Waals surface area contributed by atoms with E-state index in [1.165, 1.54) is 0 Å². The molecule has 2 atom stereocenters. The number of anilines is 2. The number of amides is 1. The molecule has 0 unspecified atom stereocenters. The second-order valence-corrected chi connectivity index (χ2v) is 9.53. The predicted octanol–water partition coefficient (Wildman–Crippen LogP) is 3.52. The number of ether oxygens (including phenoxy) is 1. The molecule has 2 bridgehead atoms. The van der Waals surface area contributed by atoms with Gasteiger partial charge in [0.15, 0.2) is 5.82 Å². The molecule has 30 heavy (non-hydrogen) atoms. The zero-order valence-electron chi connectivity index (χ0n) is 17.6. The van der Waals surface area contributed by atoms with Gasteiger partial charge < -0.3 is 20.3 Å². The Kier molecular flexibility index (Phi) is 4.89. The molecule has 2 aromatic heterocycles. The summed E-state index contributed by atoms with van der Waals surface area (Å²) in [6.07, 6.45) is 7.70. The number of H-pyrrole nitrogens is 1. The lowest BCUT2D eigenvalue weighted by Gasteiger charge is -2.61. The molecule has 2 heterocycles. The van der Waals surface area contributed by atoms with Crippen LogP contribution in [0.2, 0.25) is 0 Å². The van der Waals surface area contributed by atoms with Crippen molar-refractivity contribution in [2.75, 3.05) is 19.4 Å². The van der Waals surface area contributed by atoms with E-state index in [-0.39, 0.29) is 17.7 Å². The highest BCUT2D eigenvalue weighted by atomic mass is 16.6. The van der Waals surface area contributed by atoms with Gasteiger partial charge in [-0.05, 0) is 70.7 Å². The van der Waals surface area contributed by atoms with Crippen LogP contribution in [0.5, 0.6) is 0 Å². The molecular formula is C22H30N6O2. The predicted molar refractivity (Wildman–Crippen MR) is 114 cm³/mol. The molecule has 4 aliphatic rings. The largest absolute Gasteiger partial charge is 0.446 e. The van der Waals surface area contributed by atoms with Gasteiger partial charge in [0.1, 0.15) is 6.10 Å². The number of carbonyl (C=O) groups excluding carboxylic acids is 1. The Hall–Kier alpha value is -2.61. The van der Waals surface area contributed by atoms with Crippen molar-refractivity contribution in [2.24, 2.45) is 5.92 Å². The Morgan fingerprint density at radius 3 is 2.80 bits per heavy atom. The van der Waals surface area contributed by atoms with Crippen molar-refractivity contribution in [2.45, 2.75) is 62.6 Å². The number of alkyl carbamates (subject to hydrolysis) is 1. The van der Waals surface area contributed by atoms with E-state index in [2.05, 4.69) is 30.7 Å². The molecule has 4 fully saturated rings. The van der Waals surface area contributed by atoms with Crippen molar-refractivity contribution in [3.63, 3.8) is 0 Å². The third-order valence-electron chi connectivity index (χ3n) is 6.68. The summed E-state index contributed by atoms with van der Waals surface area (Å²) in [4.78, 5) is 18.8. The molecule has 160 valence electrons. The second kappa shape index (κ2) is 7.58. The normalized spacial score (nSPS) is 29.2. The lowest BCUT2D eigenvalue weighted by Crippen LogP contribution is -2.68. The summed E-state index contributed by atoms with van der Waals surface area (Å²) >= 11 is 0. The fourth-order valence-corrected chi connectivity index (χ4v) is 5.03. The Morgan fingerprint density at radius 1 is 1.30 bits per heavy atom. The molecule has 2 aromatic rings. The minimum Gasteiger partial charge on any atom is -0.446 e. The van der Waals surface area contributed by atoms with Crippen LogP contribution in [0.1, 0.15) is 55.8 Å². The van der Waals surface area contributed by atoms with E-state index in [1.54, 1.807) is 0 Å². The van der Waals surface area contributed by atoms with Crippen LogP contribution in [-0.2, 0) is 11.3 Å². The SMILES string of the molecule is CN(C)Cc1ccc(Nc2cc([C@H]3CC[C@@H](OC(=O)NC45CC(C4)C5)C3)[nH]n2)cn1. The summed E-state index contributed by atoms with van der Waals surface area (Å²) < 4.78 is 5.69. The van der Waals surface area contributed by atoms with Crippen LogP contribution in [-0.4, -0.2) is 51.9 Å². The molecule has 1 amide bonds. The third kappa shape index (κ3) is 4.01. The summed E-state index contributed by atoms with van der Waals surface area (Å²) in [7, 11) is 4.06. The van der Waals surface area contributed by atoms with E-state index in [1.807, 2.05) is 38.5 Å². The van der Waals surface area contributed by atoms with Gasteiger partial charge in [0, 0.05) is 29.8 Å². The Morgan fingerprint density at radius 2 is 2.13 bits per heavy atom. The van der Waals surface area contributed by atoms with Gasteiger partial charge in [-0.3, -0.25) is 10.1 Å². The summed E-state index contributed by atoms with van der Waals surface area (Å²) in [6, 6.07) is 6.08. The highest BCUT2D eigenvalue weighted by molar-refractivity contribution is 5.69. The number of hydrogen-bond acceptors (Lipinski definition) is 6. The number of aromatic nitrogens is 3. The fourth-order valence-electron chi connectivity index (χ4n) is 5.03. The second-order valence-electron chi connectivity index (χ2n) is 9.53. The van der Waals surface area contributed by atoms with Crippen LogP contribution in [0.4, 0.5) is 16.3 Å². The van der Waals surface area contributed by atoms with Crippen molar-refractivity contribution in [1.82, 2.24) is 25.4 Å². The molecule has 6 rings (SSSR count). The Balaban J connectivity index is 1.11. The standard InChI is InChI=1S/C22H30N6O2/c1-28(2)13-17-5-4-16(12-23-17)24-20-8-19(26-27-20)15-3-6-18(7-15)30-21(29)25-22-9-14(10-22)11-22/h4-5,8,12,14-15,18H,3,6-7,9-11,13H2,1-2H3,(H,25,29)(H2,24,26,27)/t14?,15-,18+,22?/m0/s1. The maximum absolute atomic E-state index is 12.2. The van der Waals surface area contributed by atoms with E-state index < -0.39 is 0 Å². The number of pyridine rings is 1. The number of carbonyl (C=O) groups is 1. The third-order valence-corrected chi connectivity index (χ3v) is 6.68. The number of rotatable bonds is 7. The molecule has 0 spiro atoms. The van der Waals surface area contributed by atoms with Crippen LogP contribution in [0.25, 0.3) is 0 Å². The maximum Gasteiger partial charge on any atom is 0.407 e. The van der Waals surface area contributed by atoms with Gasteiger partial charge in [-0.25, -0.2) is 4.79 Å². The Labute approximate surface area is 176 Å². The zero-order chi connectivity index (χ0) is 20.7. The Bertz CT molecular complexity index is 892. The summed E-state index contributed by atoms with van der Waals surface area (Å²) in [5.41, 5.74) is 3.10. The van der Waals surface area contributed by atoms with E-state index in [4.69, 9.17) is 4.74 Å². The van der Waals surface area contributed by atoms with Crippen LogP contribution >= 0.6 is 0 Å². The van der Waals surface area contributed by atoms with Gasteiger partial charge >= 0.3 is 6.09 Å². The topological polar surface area (TPSA) is 95.2 Å². The molecule has 0 saturated heterocycles. The highest BCUT2D eigenvalue weighted by Gasteiger charge is 2.57. The van der Waals surface area contributed by atoms with E-state index in [0.717, 1.165) is 73.9 Å². The van der Waals surface area contributed by atoms with Crippen LogP contribution in [0, 0.1) is 5.92 Å². The van der Waals surface area contributed by atoms with Crippen molar-refractivity contribution >= 4 is 17.6 Å². The van der Waals surface area contributed by atoms with Gasteiger partial charge in [0.05, 0.1) is 17.6 Å². The molecule has 4 saturated carbocycles. The van der Waals surface area contributed by atoms with E-state index >= 15 is 0 Å². The smallest absolute Gasteiger partial charge is 0.407 e. The quantitative estimate of drug-likeness (QED) is 0.646. The minimum absolute atomic E-state index is 0.0181. The first kappa shape index (κ1) is 19.4. The molecule has 8 heteroatoms. The van der Waals surface area contributed by atoms with E-state index in [0.29, 0.717) is 5.92 Å². The lowest BCUT2D eigenvalue weighted by atomic mass is 9.50. The number of nitrogens with zero attached hydrogens (tertiary/aromatic N) is 3. The maximum atomic E-state index is 12.2. The first-order chi connectivity index (χ1) is 14.5. The van der Waals surface area contributed by atoms with Gasteiger partial charge in [-0.1, -0.05) is 0 Å². The summed E-state index contributed by atoms with van der Waals surface area (Å²) in [5, 5.41) is 13.9. The van der Waals surface area contributed by atoms with Crippen molar-refractivity contribution in [3.8, 4) is 0 Å². The fraction of sp³-hybridized carbons (Fsp3) is 0.591. The van der Waals surface area contributed by atoms with Crippen LogP contribution in [0.15, 0.2) is 24.4 Å². The van der Waals surface area contributed by atoms with Gasteiger partial charge in [-0.2, -0.15) is 5.10 Å². The first-order valence-electron chi connectivity index (χ1n) is 10.9. The van der Waals surface area contributed by atoms with Crippen LogP contribution in [0.3, 0.4) is 0 Å². The monoisotopic (exact) mass is 410 g/mol. The molecule has 4 aliphatic carbocycles. The summed E-state index contributed by atoms with van der Waals surface area (Å²) in [6.45, 7) is 0.817. The van der Waals surface area contributed by atoms with Crippen molar-refractivity contribution < 1.29 is 9.53 Å². The lowest BCUT2D eigenvalue weighted by molar-refractivity contribution is -0.0506. The highest BCUT2D eigenvalue weighted by Crippen LogP contribution is 2.57. The zero-order valence-corrected chi connectivity index (χ0v) is 17.6. The molecule has 0 aromatic carbocycles. The van der Waals surface area contributed by atoms with Crippen LogP contribution < -0.4 is 10.6 Å². The van der Waals surface area contributed by atoms with Gasteiger partial charge in [-0.15, -0.1) is 0 Å². The van der Waals surface area contributed by atoms with Gasteiger partial charge in [0.25, 0.3) is 0 Å². The molecule has 3 N–H and O–H groups in total. The average Bonchev–Trinajstić information content (AvgIpc) is 3.28. The number of aromatic amines is 1. The average molecular weight is 411 g/mol. The number of nitrogens with one attached hydrogen (secondary N) is 3. The van der Waals surface area contributed by atoms with Crippen molar-refractivity contribution in [3.05, 3.63) is 35.8 Å². The number of hydrogen-bond donors (Lipinski definition) is 3. The van der Waals surface area contributed by atoms with Gasteiger partial charge in [0.2, 0.25) is 0 Å². The molecule has 0 radical (unpaired) electrons. The van der Waals surface area contributed by atoms with E-state index in [9.17, 15) is 4.79 Å². The molecule has 8 nitrogen and oxygen atoms in total. The molecule has 0 aliphatic heterocycles. The molecular weight excluding hydrogens is 380 g/mol. The van der Waals surface area contributed by atoms with Crippen molar-refractivity contribution in [1.29, 1.82) is 0 Å². The minimum atomic E-state index is -0.240. The first-order valence-corrected chi connectivity index (χ1v) is 10.9.